The summed E-state index contributed by atoms with van der Waals surface area (Å²) in [4.78, 5) is 0. The maximum atomic E-state index is 3.57. The highest BCUT2D eigenvalue weighted by atomic mass is 79.9. The summed E-state index contributed by atoms with van der Waals surface area (Å²) in [5, 5.41) is 1.19. The summed E-state index contributed by atoms with van der Waals surface area (Å²) in [7, 11) is 0. The van der Waals surface area contributed by atoms with Crippen molar-refractivity contribution in [3.05, 3.63) is 0 Å². The molecular formula is C8H15Br. The topological polar surface area (TPSA) is 0 Å². The van der Waals surface area contributed by atoms with Crippen molar-refractivity contribution in [3.8, 4) is 0 Å². The fourth-order valence-electron chi connectivity index (χ4n) is 1.54. The van der Waals surface area contributed by atoms with Crippen LogP contribution in [0.1, 0.15) is 39.0 Å². The Morgan fingerprint density at radius 1 is 1.22 bits per heavy atom. The molecule has 0 unspecified atom stereocenters. The van der Waals surface area contributed by atoms with Crippen molar-refractivity contribution in [1.29, 1.82) is 0 Å². The van der Waals surface area contributed by atoms with Gasteiger partial charge in [0.25, 0.3) is 0 Å². The lowest BCUT2D eigenvalue weighted by molar-refractivity contribution is 0.253. The summed E-state index contributed by atoms with van der Waals surface area (Å²) < 4.78 is 0. The van der Waals surface area contributed by atoms with Gasteiger partial charge in [-0.2, -0.15) is 0 Å². The molecule has 9 heavy (non-hydrogen) atoms. The fraction of sp³-hybridized carbons (Fsp3) is 1.00. The molecule has 1 heteroatoms. The van der Waals surface area contributed by atoms with Gasteiger partial charge >= 0.3 is 0 Å². The molecule has 0 nitrogen and oxygen atoms in total. The molecule has 0 aromatic heterocycles. The summed E-state index contributed by atoms with van der Waals surface area (Å²) in [6, 6.07) is 0. The van der Waals surface area contributed by atoms with Gasteiger partial charge in [-0.15, -0.1) is 0 Å². The van der Waals surface area contributed by atoms with Crippen LogP contribution >= 0.6 is 15.9 Å². The Labute approximate surface area is 66.2 Å². The molecule has 0 spiro atoms. The minimum atomic E-state index is 0.637. The van der Waals surface area contributed by atoms with Gasteiger partial charge in [-0.05, 0) is 18.3 Å². The van der Waals surface area contributed by atoms with Crippen LogP contribution in [0, 0.1) is 5.41 Å². The Balaban J connectivity index is 2.37. The molecule has 0 heterocycles. The van der Waals surface area contributed by atoms with Gasteiger partial charge in [0.1, 0.15) is 0 Å². The van der Waals surface area contributed by atoms with Crippen molar-refractivity contribution >= 4 is 15.9 Å². The molecule has 0 N–H and O–H groups in total. The van der Waals surface area contributed by atoms with Crippen molar-refractivity contribution in [3.63, 3.8) is 0 Å². The molecule has 0 aliphatic heterocycles. The lowest BCUT2D eigenvalue weighted by Gasteiger charge is -2.31. The quantitative estimate of drug-likeness (QED) is 0.557. The average molecular weight is 191 g/mol. The number of halogens is 1. The van der Waals surface area contributed by atoms with E-state index in [0.29, 0.717) is 5.41 Å². The third-order valence-corrected chi connectivity index (χ3v) is 3.74. The van der Waals surface area contributed by atoms with E-state index in [-0.39, 0.29) is 0 Å². The van der Waals surface area contributed by atoms with Gasteiger partial charge in [-0.1, -0.05) is 42.1 Å². The second kappa shape index (κ2) is 3.05. The Morgan fingerprint density at radius 3 is 2.11 bits per heavy atom. The van der Waals surface area contributed by atoms with Gasteiger partial charge in [0, 0.05) is 5.33 Å². The molecule has 54 valence electrons. The van der Waals surface area contributed by atoms with Gasteiger partial charge in [0.05, 0.1) is 0 Å². The molecule has 1 aliphatic rings. The lowest BCUT2D eigenvalue weighted by atomic mass is 9.78. The van der Waals surface area contributed by atoms with Gasteiger partial charge in [0.15, 0.2) is 0 Å². The van der Waals surface area contributed by atoms with Crippen molar-refractivity contribution in [2.75, 3.05) is 5.33 Å². The highest BCUT2D eigenvalue weighted by molar-refractivity contribution is 9.09. The standard InChI is InChI=1S/C8H15Br/c1-8(7-9)5-3-2-4-6-8/h2-7H2,1H3. The first-order chi connectivity index (χ1) is 4.27. The van der Waals surface area contributed by atoms with Crippen LogP contribution in [0.25, 0.3) is 0 Å². The molecule has 1 fully saturated rings. The van der Waals surface area contributed by atoms with E-state index in [0.717, 1.165) is 0 Å². The number of hydrogen-bond acceptors (Lipinski definition) is 0. The monoisotopic (exact) mass is 190 g/mol. The third-order valence-electron chi connectivity index (χ3n) is 2.38. The van der Waals surface area contributed by atoms with Gasteiger partial charge < -0.3 is 0 Å². The molecule has 0 amide bonds. The van der Waals surface area contributed by atoms with E-state index in [1.165, 1.54) is 37.4 Å². The number of alkyl halides is 1. The number of rotatable bonds is 1. The molecular weight excluding hydrogens is 176 g/mol. The zero-order chi connectivity index (χ0) is 6.74. The predicted molar refractivity (Wildman–Crippen MR) is 45.0 cm³/mol. The third kappa shape index (κ3) is 1.96. The normalized spacial score (nSPS) is 26.0. The van der Waals surface area contributed by atoms with Crippen molar-refractivity contribution in [2.24, 2.45) is 5.41 Å². The second-order valence-corrected chi connectivity index (χ2v) is 4.07. The first-order valence-electron chi connectivity index (χ1n) is 3.83. The van der Waals surface area contributed by atoms with E-state index in [1.807, 2.05) is 0 Å². The summed E-state index contributed by atoms with van der Waals surface area (Å²) in [5.74, 6) is 0. The molecule has 0 aromatic carbocycles. The molecule has 1 aliphatic carbocycles. The molecule has 0 atom stereocenters. The van der Waals surface area contributed by atoms with Crippen LogP contribution in [0.2, 0.25) is 0 Å². The van der Waals surface area contributed by atoms with E-state index >= 15 is 0 Å². The Bertz CT molecular complexity index is 82.6. The van der Waals surface area contributed by atoms with Crippen molar-refractivity contribution < 1.29 is 0 Å². The molecule has 1 saturated carbocycles. The second-order valence-electron chi connectivity index (χ2n) is 3.50. The SMILES string of the molecule is CC1(CBr)CCCCC1. The van der Waals surface area contributed by atoms with Gasteiger partial charge in [-0.3, -0.25) is 0 Å². The van der Waals surface area contributed by atoms with Crippen molar-refractivity contribution in [2.45, 2.75) is 39.0 Å². The largest absolute Gasteiger partial charge is 0.0922 e. The van der Waals surface area contributed by atoms with Crippen LogP contribution in [-0.2, 0) is 0 Å². The van der Waals surface area contributed by atoms with E-state index < -0.39 is 0 Å². The molecule has 0 radical (unpaired) electrons. The summed E-state index contributed by atoms with van der Waals surface area (Å²) in [6.45, 7) is 2.39. The minimum Gasteiger partial charge on any atom is -0.0922 e. The lowest BCUT2D eigenvalue weighted by Crippen LogP contribution is -2.21. The Morgan fingerprint density at radius 2 is 1.78 bits per heavy atom. The zero-order valence-corrected chi connectivity index (χ0v) is 7.71. The van der Waals surface area contributed by atoms with Crippen LogP contribution in [0.3, 0.4) is 0 Å². The highest BCUT2D eigenvalue weighted by Crippen LogP contribution is 2.36. The van der Waals surface area contributed by atoms with Gasteiger partial charge in [-0.25, -0.2) is 0 Å². The highest BCUT2D eigenvalue weighted by Gasteiger charge is 2.24. The zero-order valence-electron chi connectivity index (χ0n) is 6.12. The van der Waals surface area contributed by atoms with Crippen molar-refractivity contribution in [1.82, 2.24) is 0 Å². The molecule has 0 saturated heterocycles. The smallest absolute Gasteiger partial charge is 0.00853 e. The minimum absolute atomic E-state index is 0.637. The predicted octanol–water partition coefficient (Wildman–Crippen LogP) is 3.35. The summed E-state index contributed by atoms with van der Waals surface area (Å²) in [5.41, 5.74) is 0.637. The first-order valence-corrected chi connectivity index (χ1v) is 4.95. The van der Waals surface area contributed by atoms with E-state index in [9.17, 15) is 0 Å². The maximum Gasteiger partial charge on any atom is 0.00853 e. The Kier molecular flexibility index (Phi) is 2.57. The van der Waals surface area contributed by atoms with Crippen LogP contribution in [-0.4, -0.2) is 5.33 Å². The molecule has 1 rings (SSSR count). The molecule has 0 bridgehead atoms. The van der Waals surface area contributed by atoms with Crippen LogP contribution < -0.4 is 0 Å². The van der Waals surface area contributed by atoms with E-state index in [2.05, 4.69) is 22.9 Å². The van der Waals surface area contributed by atoms with E-state index in [1.54, 1.807) is 0 Å². The van der Waals surface area contributed by atoms with E-state index in [4.69, 9.17) is 0 Å². The Hall–Kier alpha value is 0.480. The number of hydrogen-bond donors (Lipinski definition) is 0. The fourth-order valence-corrected chi connectivity index (χ4v) is 2.10. The van der Waals surface area contributed by atoms with Crippen LogP contribution in [0.5, 0.6) is 0 Å². The van der Waals surface area contributed by atoms with Gasteiger partial charge in [0.2, 0.25) is 0 Å². The van der Waals surface area contributed by atoms with Crippen LogP contribution in [0.4, 0.5) is 0 Å². The van der Waals surface area contributed by atoms with Crippen LogP contribution in [0.15, 0.2) is 0 Å². The average Bonchev–Trinajstić information content (AvgIpc) is 1.90. The first kappa shape index (κ1) is 7.59. The summed E-state index contributed by atoms with van der Waals surface area (Å²) >= 11 is 3.57. The molecule has 0 aromatic rings. The maximum absolute atomic E-state index is 3.57. The summed E-state index contributed by atoms with van der Waals surface area (Å²) in [6.07, 6.45) is 7.21.